The molecule has 7 heteroatoms. The summed E-state index contributed by atoms with van der Waals surface area (Å²) in [5.41, 5.74) is 0. The molecule has 0 N–H and O–H groups in total. The Balaban J connectivity index is 5.26. The first-order valence-electron chi connectivity index (χ1n) is 9.71. The summed E-state index contributed by atoms with van der Waals surface area (Å²) in [6.07, 6.45) is 8.90. The van der Waals surface area contributed by atoms with Gasteiger partial charge < -0.3 is 0 Å². The predicted molar refractivity (Wildman–Crippen MR) is 125 cm³/mol. The van der Waals surface area contributed by atoms with E-state index < -0.39 is 0 Å². The molecule has 0 nitrogen and oxygen atoms in total. The number of rotatable bonds is 14. The molecule has 0 aromatic carbocycles. The molecule has 0 aromatic heterocycles. The van der Waals surface area contributed by atoms with Crippen LogP contribution < -0.4 is 0 Å². The van der Waals surface area contributed by atoms with Gasteiger partial charge in [0.2, 0.25) is 0 Å². The summed E-state index contributed by atoms with van der Waals surface area (Å²) in [6, 6.07) is 0. The summed E-state index contributed by atoms with van der Waals surface area (Å²) in [5, 5.41) is -0.282. The van der Waals surface area contributed by atoms with E-state index in [0.717, 1.165) is 25.6 Å². The SMILES string of the molecule is [B]B(C([B])(C)CC)C(C)(CC)C(CC[B]S)CCC([B]S)CCC. The van der Waals surface area contributed by atoms with E-state index in [0.29, 0.717) is 11.7 Å². The number of hydrogen-bond donors (Lipinski definition) is 2. The molecule has 0 aliphatic carbocycles. The number of thiol groups is 2. The summed E-state index contributed by atoms with van der Waals surface area (Å²) in [4.78, 5) is 0. The quantitative estimate of drug-likeness (QED) is 0.297. The molecule has 0 bridgehead atoms. The summed E-state index contributed by atoms with van der Waals surface area (Å²) in [6.45, 7) is 15.1. The molecule has 0 aliphatic heterocycles. The van der Waals surface area contributed by atoms with Gasteiger partial charge in [0.15, 0.2) is 13.1 Å². The van der Waals surface area contributed by atoms with Gasteiger partial charge in [0.05, 0.1) is 14.4 Å². The van der Waals surface area contributed by atoms with Gasteiger partial charge in [0.1, 0.15) is 0 Å². The zero-order valence-electron chi connectivity index (χ0n) is 16.6. The van der Waals surface area contributed by atoms with Crippen LogP contribution in [0.15, 0.2) is 0 Å². The molecule has 6 radical (unpaired) electrons. The molecule has 24 heavy (non-hydrogen) atoms. The van der Waals surface area contributed by atoms with Crippen molar-refractivity contribution in [2.75, 3.05) is 0 Å². The Bertz CT molecular complexity index is 330. The second-order valence-corrected chi connectivity index (χ2v) is 8.59. The Kier molecular flexibility index (Phi) is 12.9. The fourth-order valence-corrected chi connectivity index (χ4v) is 4.34. The third-order valence-electron chi connectivity index (χ3n) is 6.28. The van der Waals surface area contributed by atoms with Crippen LogP contribution in [0, 0.1) is 5.92 Å². The van der Waals surface area contributed by atoms with Crippen molar-refractivity contribution in [1.82, 2.24) is 0 Å². The maximum atomic E-state index is 6.74. The first-order valence-corrected chi connectivity index (χ1v) is 10.7. The standard InChI is InChI=1S/C17H35B5S2/c1-6-9-15(21-24)11-10-14(12-13-20-23)16(4,7-2)22(19)17(5,18)8-3/h14-15,23-24H,6-13H2,1-5H3. The molecule has 0 aromatic rings. The van der Waals surface area contributed by atoms with E-state index in [-0.39, 0.29) is 17.1 Å². The molecule has 0 rings (SSSR count). The van der Waals surface area contributed by atoms with Crippen LogP contribution in [0.1, 0.15) is 79.6 Å². The van der Waals surface area contributed by atoms with Crippen LogP contribution in [0.25, 0.3) is 0 Å². The lowest BCUT2D eigenvalue weighted by Crippen LogP contribution is -2.45. The third-order valence-corrected chi connectivity index (χ3v) is 6.96. The fourth-order valence-electron chi connectivity index (χ4n) is 3.89. The van der Waals surface area contributed by atoms with Crippen molar-refractivity contribution in [2.45, 2.75) is 102 Å². The average molecular weight is 358 g/mol. The topological polar surface area (TPSA) is 0 Å². The monoisotopic (exact) mass is 358 g/mol. The van der Waals surface area contributed by atoms with E-state index in [2.05, 4.69) is 66.1 Å². The largest absolute Gasteiger partial charge is 0.235 e. The molecule has 130 valence electrons. The van der Waals surface area contributed by atoms with E-state index in [1.165, 1.54) is 25.7 Å². The molecule has 0 spiro atoms. The molecule has 0 aliphatic rings. The van der Waals surface area contributed by atoms with Crippen molar-refractivity contribution in [1.29, 1.82) is 0 Å². The van der Waals surface area contributed by atoms with Crippen molar-refractivity contribution in [2.24, 2.45) is 5.92 Å². The minimum absolute atomic E-state index is 0.00507. The minimum atomic E-state index is -0.327. The zero-order chi connectivity index (χ0) is 18.8. The van der Waals surface area contributed by atoms with Gasteiger partial charge >= 0.3 is 0 Å². The van der Waals surface area contributed by atoms with Crippen molar-refractivity contribution < 1.29 is 0 Å². The van der Waals surface area contributed by atoms with Gasteiger partial charge in [-0.2, -0.15) is 0 Å². The van der Waals surface area contributed by atoms with Crippen LogP contribution in [0.2, 0.25) is 22.7 Å². The highest BCUT2D eigenvalue weighted by molar-refractivity contribution is 8.07. The minimum Gasteiger partial charge on any atom is -0.235 e. The first kappa shape index (κ1) is 25.0. The molecular weight excluding hydrogens is 322 g/mol. The average Bonchev–Trinajstić information content (AvgIpc) is 2.59. The zero-order valence-corrected chi connectivity index (χ0v) is 18.4. The van der Waals surface area contributed by atoms with Crippen LogP contribution in [0.3, 0.4) is 0 Å². The summed E-state index contributed by atoms with van der Waals surface area (Å²) >= 11 is 8.74. The Morgan fingerprint density at radius 1 is 1.00 bits per heavy atom. The van der Waals surface area contributed by atoms with E-state index in [1.807, 2.05) is 6.56 Å². The summed E-state index contributed by atoms with van der Waals surface area (Å²) in [5.74, 6) is 1.15. The lowest BCUT2D eigenvalue weighted by molar-refractivity contribution is 0.315. The van der Waals surface area contributed by atoms with Crippen LogP contribution in [-0.2, 0) is 0 Å². The normalized spacial score (nSPS) is 19.0. The van der Waals surface area contributed by atoms with Crippen LogP contribution in [-0.4, -0.2) is 35.3 Å². The molecule has 0 saturated heterocycles. The van der Waals surface area contributed by atoms with Crippen molar-refractivity contribution in [3.63, 3.8) is 0 Å². The Morgan fingerprint density at radius 3 is 2.04 bits per heavy atom. The second-order valence-electron chi connectivity index (χ2n) is 7.93. The second kappa shape index (κ2) is 12.4. The molecule has 4 unspecified atom stereocenters. The highest BCUT2D eigenvalue weighted by atomic mass is 32.1. The summed E-state index contributed by atoms with van der Waals surface area (Å²) in [7, 11) is 13.3. The molecular formula is C17H35B5S2. The van der Waals surface area contributed by atoms with Gasteiger partial charge in [0, 0.05) is 7.74 Å². The van der Waals surface area contributed by atoms with Gasteiger partial charge in [-0.05, 0) is 5.92 Å². The van der Waals surface area contributed by atoms with Gasteiger partial charge in [-0.25, -0.2) is 25.0 Å². The highest BCUT2D eigenvalue weighted by Gasteiger charge is 2.44. The maximum absolute atomic E-state index is 6.74. The Labute approximate surface area is 168 Å². The van der Waals surface area contributed by atoms with E-state index in [4.69, 9.17) is 15.6 Å². The van der Waals surface area contributed by atoms with Crippen LogP contribution in [0.5, 0.6) is 0 Å². The smallest absolute Gasteiger partial charge is 0.190 e. The molecule has 0 amide bonds. The lowest BCUT2D eigenvalue weighted by atomic mass is 9.07. The molecule has 0 fully saturated rings. The van der Waals surface area contributed by atoms with Gasteiger partial charge in [-0.15, -0.1) is 0 Å². The third kappa shape index (κ3) is 7.33. The number of hydrogen-bond acceptors (Lipinski definition) is 2. The van der Waals surface area contributed by atoms with E-state index in [1.54, 1.807) is 0 Å². The van der Waals surface area contributed by atoms with Crippen molar-refractivity contribution >= 4 is 60.3 Å². The van der Waals surface area contributed by atoms with Crippen molar-refractivity contribution in [3.05, 3.63) is 0 Å². The van der Waals surface area contributed by atoms with E-state index in [9.17, 15) is 0 Å². The van der Waals surface area contributed by atoms with Crippen LogP contribution in [0.4, 0.5) is 0 Å². The van der Waals surface area contributed by atoms with Gasteiger partial charge in [0.25, 0.3) is 0 Å². The Hall–Kier alpha value is 1.02. The first-order chi connectivity index (χ1) is 11.2. The maximum Gasteiger partial charge on any atom is 0.190 e. The van der Waals surface area contributed by atoms with E-state index >= 15 is 0 Å². The molecule has 0 saturated carbocycles. The van der Waals surface area contributed by atoms with Gasteiger partial charge in [-0.1, -0.05) is 102 Å². The molecule has 4 atom stereocenters. The summed E-state index contributed by atoms with van der Waals surface area (Å²) < 4.78 is 0. The van der Waals surface area contributed by atoms with Crippen LogP contribution >= 0.6 is 25.0 Å². The fraction of sp³-hybridized carbons (Fsp3) is 1.00. The van der Waals surface area contributed by atoms with Crippen molar-refractivity contribution in [3.8, 4) is 0 Å². The molecule has 0 heterocycles. The highest BCUT2D eigenvalue weighted by Crippen LogP contribution is 2.52. The Morgan fingerprint density at radius 2 is 1.62 bits per heavy atom. The predicted octanol–water partition coefficient (Wildman–Crippen LogP) is 5.50. The lowest BCUT2D eigenvalue weighted by Gasteiger charge is -2.48. The van der Waals surface area contributed by atoms with Gasteiger partial charge in [-0.3, -0.25) is 0 Å².